The van der Waals surface area contributed by atoms with Crippen LogP contribution < -0.4 is 4.90 Å². The molecule has 4 heteroatoms. The zero-order valence-corrected chi connectivity index (χ0v) is 10.1. The van der Waals surface area contributed by atoms with Gasteiger partial charge in [0.2, 0.25) is 0 Å². The zero-order valence-electron chi connectivity index (χ0n) is 10.1. The highest BCUT2D eigenvalue weighted by Gasteiger charge is 2.40. The van der Waals surface area contributed by atoms with E-state index in [4.69, 9.17) is 5.26 Å². The van der Waals surface area contributed by atoms with Gasteiger partial charge < -0.3 is 10.0 Å². The SMILES string of the molecule is N#CCCN(c1ccccc1)C(C(=O)O)C1CC1. The summed E-state index contributed by atoms with van der Waals surface area (Å²) in [4.78, 5) is 13.3. The number of carboxylic acids is 1. The van der Waals surface area contributed by atoms with Crippen LogP contribution in [0, 0.1) is 17.2 Å². The van der Waals surface area contributed by atoms with Gasteiger partial charge in [-0.2, -0.15) is 5.26 Å². The first-order valence-electron chi connectivity index (χ1n) is 6.15. The van der Waals surface area contributed by atoms with Gasteiger partial charge >= 0.3 is 5.97 Å². The third kappa shape index (κ3) is 2.80. The number of hydrogen-bond acceptors (Lipinski definition) is 3. The lowest BCUT2D eigenvalue weighted by Gasteiger charge is -2.30. The van der Waals surface area contributed by atoms with Crippen LogP contribution in [-0.2, 0) is 4.79 Å². The van der Waals surface area contributed by atoms with Crippen molar-refractivity contribution in [3.8, 4) is 6.07 Å². The summed E-state index contributed by atoms with van der Waals surface area (Å²) in [5, 5.41) is 18.1. The van der Waals surface area contributed by atoms with E-state index in [1.165, 1.54) is 0 Å². The average Bonchev–Trinajstić information content (AvgIpc) is 3.19. The van der Waals surface area contributed by atoms with Crippen LogP contribution in [0.15, 0.2) is 30.3 Å². The molecule has 1 atom stereocenters. The maximum Gasteiger partial charge on any atom is 0.326 e. The van der Waals surface area contributed by atoms with Crippen molar-refractivity contribution >= 4 is 11.7 Å². The van der Waals surface area contributed by atoms with Crippen molar-refractivity contribution < 1.29 is 9.90 Å². The molecule has 2 rings (SSSR count). The van der Waals surface area contributed by atoms with E-state index < -0.39 is 12.0 Å². The lowest BCUT2D eigenvalue weighted by atomic mass is 10.1. The van der Waals surface area contributed by atoms with Crippen LogP contribution in [0.25, 0.3) is 0 Å². The maximum atomic E-state index is 11.4. The summed E-state index contributed by atoms with van der Waals surface area (Å²) in [6.45, 7) is 0.466. The molecule has 1 saturated carbocycles. The van der Waals surface area contributed by atoms with Crippen molar-refractivity contribution in [2.45, 2.75) is 25.3 Å². The van der Waals surface area contributed by atoms with Crippen molar-refractivity contribution in [3.05, 3.63) is 30.3 Å². The fourth-order valence-corrected chi connectivity index (χ4v) is 2.22. The summed E-state index contributed by atoms with van der Waals surface area (Å²) in [6.07, 6.45) is 2.27. The van der Waals surface area contributed by atoms with Crippen molar-refractivity contribution in [1.82, 2.24) is 0 Å². The van der Waals surface area contributed by atoms with E-state index in [1.807, 2.05) is 35.2 Å². The van der Waals surface area contributed by atoms with Gasteiger partial charge in [-0.1, -0.05) is 18.2 Å². The summed E-state index contributed by atoms with van der Waals surface area (Å²) in [5.74, 6) is -0.569. The predicted molar refractivity (Wildman–Crippen MR) is 68.2 cm³/mol. The van der Waals surface area contributed by atoms with Gasteiger partial charge in [0.25, 0.3) is 0 Å². The fraction of sp³-hybridized carbons (Fsp3) is 0.429. The van der Waals surface area contributed by atoms with E-state index in [0.29, 0.717) is 13.0 Å². The molecular formula is C14H16N2O2. The van der Waals surface area contributed by atoms with Crippen LogP contribution in [0.4, 0.5) is 5.69 Å². The molecule has 0 aliphatic heterocycles. The molecule has 0 heterocycles. The number of nitriles is 1. The normalized spacial score (nSPS) is 15.7. The van der Waals surface area contributed by atoms with Gasteiger partial charge in [0.15, 0.2) is 0 Å². The standard InChI is InChI=1S/C14H16N2O2/c15-9-4-10-16(12-5-2-1-3-6-12)13(14(17)18)11-7-8-11/h1-3,5-6,11,13H,4,7-8,10H2,(H,17,18). The molecule has 0 radical (unpaired) electrons. The van der Waals surface area contributed by atoms with Gasteiger partial charge in [-0.15, -0.1) is 0 Å². The Morgan fingerprint density at radius 1 is 1.44 bits per heavy atom. The Morgan fingerprint density at radius 2 is 2.11 bits per heavy atom. The van der Waals surface area contributed by atoms with Crippen LogP contribution in [0.3, 0.4) is 0 Å². The number of rotatable bonds is 6. The monoisotopic (exact) mass is 244 g/mol. The predicted octanol–water partition coefficient (Wildman–Crippen LogP) is 2.27. The van der Waals surface area contributed by atoms with E-state index in [9.17, 15) is 9.90 Å². The zero-order chi connectivity index (χ0) is 13.0. The summed E-state index contributed by atoms with van der Waals surface area (Å²) in [5.41, 5.74) is 0.882. The van der Waals surface area contributed by atoms with Crippen molar-refractivity contribution in [1.29, 1.82) is 5.26 Å². The highest BCUT2D eigenvalue weighted by Crippen LogP contribution is 2.37. The van der Waals surface area contributed by atoms with Gasteiger partial charge in [0, 0.05) is 12.2 Å². The van der Waals surface area contributed by atoms with Gasteiger partial charge in [0.1, 0.15) is 6.04 Å². The summed E-state index contributed by atoms with van der Waals surface area (Å²) in [7, 11) is 0. The Morgan fingerprint density at radius 3 is 2.61 bits per heavy atom. The number of para-hydroxylation sites is 1. The number of benzene rings is 1. The molecule has 0 spiro atoms. The molecule has 0 aromatic heterocycles. The van der Waals surface area contributed by atoms with Crippen molar-refractivity contribution in [2.24, 2.45) is 5.92 Å². The van der Waals surface area contributed by atoms with E-state index in [2.05, 4.69) is 6.07 Å². The van der Waals surface area contributed by atoms with Gasteiger partial charge in [0.05, 0.1) is 12.5 Å². The first-order valence-corrected chi connectivity index (χ1v) is 6.15. The third-order valence-corrected chi connectivity index (χ3v) is 3.21. The Bertz CT molecular complexity index is 449. The lowest BCUT2D eigenvalue weighted by Crippen LogP contribution is -2.43. The van der Waals surface area contributed by atoms with Crippen LogP contribution >= 0.6 is 0 Å². The van der Waals surface area contributed by atoms with Crippen molar-refractivity contribution in [3.63, 3.8) is 0 Å². The quantitative estimate of drug-likeness (QED) is 0.833. The second kappa shape index (κ2) is 5.54. The van der Waals surface area contributed by atoms with E-state index in [-0.39, 0.29) is 5.92 Å². The van der Waals surface area contributed by atoms with Gasteiger partial charge in [-0.05, 0) is 30.9 Å². The molecule has 1 aliphatic carbocycles. The number of nitrogens with zero attached hydrogens (tertiary/aromatic N) is 2. The van der Waals surface area contributed by atoms with E-state index in [0.717, 1.165) is 18.5 Å². The van der Waals surface area contributed by atoms with E-state index in [1.54, 1.807) is 0 Å². The Kier molecular flexibility index (Phi) is 3.83. The minimum absolute atomic E-state index is 0.224. The van der Waals surface area contributed by atoms with E-state index >= 15 is 0 Å². The Hall–Kier alpha value is -2.02. The molecule has 1 unspecified atom stereocenters. The summed E-state index contributed by atoms with van der Waals surface area (Å²) >= 11 is 0. The molecule has 0 amide bonds. The highest BCUT2D eigenvalue weighted by atomic mass is 16.4. The molecule has 0 bridgehead atoms. The molecule has 1 aromatic carbocycles. The number of aliphatic carboxylic acids is 1. The van der Waals surface area contributed by atoms with Gasteiger partial charge in [-0.25, -0.2) is 4.79 Å². The second-order valence-electron chi connectivity index (χ2n) is 4.56. The molecular weight excluding hydrogens is 228 g/mol. The molecule has 1 N–H and O–H groups in total. The third-order valence-electron chi connectivity index (χ3n) is 3.21. The number of carboxylic acid groups (broad SMARTS) is 1. The van der Waals surface area contributed by atoms with Gasteiger partial charge in [-0.3, -0.25) is 0 Å². The smallest absolute Gasteiger partial charge is 0.326 e. The molecule has 0 saturated heterocycles. The van der Waals surface area contributed by atoms with Crippen LogP contribution in [0.5, 0.6) is 0 Å². The molecule has 1 fully saturated rings. The Labute approximate surface area is 106 Å². The van der Waals surface area contributed by atoms with Crippen molar-refractivity contribution in [2.75, 3.05) is 11.4 Å². The summed E-state index contributed by atoms with van der Waals surface area (Å²) in [6, 6.07) is 11.1. The Balaban J connectivity index is 2.23. The van der Waals surface area contributed by atoms with Crippen LogP contribution in [-0.4, -0.2) is 23.7 Å². The average molecular weight is 244 g/mol. The number of carbonyl (C=O) groups is 1. The largest absolute Gasteiger partial charge is 0.480 e. The minimum atomic E-state index is -0.792. The van der Waals surface area contributed by atoms with Crippen LogP contribution in [0.1, 0.15) is 19.3 Å². The first-order chi connectivity index (χ1) is 8.74. The summed E-state index contributed by atoms with van der Waals surface area (Å²) < 4.78 is 0. The molecule has 1 aliphatic rings. The maximum absolute atomic E-state index is 11.4. The molecule has 18 heavy (non-hydrogen) atoms. The molecule has 94 valence electrons. The molecule has 1 aromatic rings. The number of anilines is 1. The highest BCUT2D eigenvalue weighted by molar-refractivity contribution is 5.79. The topological polar surface area (TPSA) is 64.3 Å². The fourth-order valence-electron chi connectivity index (χ4n) is 2.22. The first kappa shape index (κ1) is 12.4. The molecule has 4 nitrogen and oxygen atoms in total. The van der Waals surface area contributed by atoms with Crippen LogP contribution in [0.2, 0.25) is 0 Å². The lowest BCUT2D eigenvalue weighted by molar-refractivity contribution is -0.139. The minimum Gasteiger partial charge on any atom is -0.480 e. The number of hydrogen-bond donors (Lipinski definition) is 1. The second-order valence-corrected chi connectivity index (χ2v) is 4.56.